The predicted molar refractivity (Wildman–Crippen MR) is 75.5 cm³/mol. The Labute approximate surface area is 121 Å². The first kappa shape index (κ1) is 12.5. The highest BCUT2D eigenvalue weighted by molar-refractivity contribution is 7.15. The number of fused-ring (bicyclic) bond motifs is 1. The molecule has 0 fully saturated rings. The number of rotatable bonds is 2. The first-order valence-corrected chi connectivity index (χ1v) is 6.86. The summed E-state index contributed by atoms with van der Waals surface area (Å²) >= 11 is 13.3. The van der Waals surface area contributed by atoms with E-state index in [4.69, 9.17) is 23.2 Å². The van der Waals surface area contributed by atoms with E-state index in [-0.39, 0.29) is 5.69 Å². The quantitative estimate of drug-likeness (QED) is 0.776. The number of carboxylic acid groups (broad SMARTS) is 1. The zero-order chi connectivity index (χ0) is 13.6. The van der Waals surface area contributed by atoms with Crippen LogP contribution in [-0.4, -0.2) is 20.5 Å². The monoisotopic (exact) mass is 312 g/mol. The number of hydrogen-bond acceptors (Lipinski definition) is 3. The van der Waals surface area contributed by atoms with Crippen molar-refractivity contribution >= 4 is 45.5 Å². The highest BCUT2D eigenvalue weighted by atomic mass is 35.5. The van der Waals surface area contributed by atoms with Crippen molar-refractivity contribution in [2.24, 2.45) is 0 Å². The number of thiazole rings is 1. The van der Waals surface area contributed by atoms with Crippen molar-refractivity contribution in [3.8, 4) is 11.3 Å². The summed E-state index contributed by atoms with van der Waals surface area (Å²) in [5.74, 6) is -1.05. The van der Waals surface area contributed by atoms with E-state index in [1.165, 1.54) is 15.7 Å². The Morgan fingerprint density at radius 2 is 2.16 bits per heavy atom. The summed E-state index contributed by atoms with van der Waals surface area (Å²) in [6.45, 7) is 0. The number of nitrogens with zero attached hydrogens (tertiary/aromatic N) is 2. The fourth-order valence-electron chi connectivity index (χ4n) is 1.86. The van der Waals surface area contributed by atoms with E-state index in [1.54, 1.807) is 29.8 Å². The third-order valence-electron chi connectivity index (χ3n) is 2.65. The summed E-state index contributed by atoms with van der Waals surface area (Å²) in [5, 5.41) is 12.0. The van der Waals surface area contributed by atoms with Crippen LogP contribution in [0.3, 0.4) is 0 Å². The van der Waals surface area contributed by atoms with Crippen LogP contribution in [0.15, 0.2) is 29.8 Å². The molecule has 0 amide bonds. The van der Waals surface area contributed by atoms with Gasteiger partial charge in [-0.15, -0.1) is 11.3 Å². The van der Waals surface area contributed by atoms with Crippen molar-refractivity contribution in [2.45, 2.75) is 0 Å². The molecular formula is C12H6Cl2N2O2S. The molecule has 0 aliphatic carbocycles. The van der Waals surface area contributed by atoms with Crippen molar-refractivity contribution in [3.05, 3.63) is 45.5 Å². The normalized spacial score (nSPS) is 11.1. The highest BCUT2D eigenvalue weighted by Crippen LogP contribution is 2.33. The number of imidazole rings is 1. The molecule has 0 unspecified atom stereocenters. The van der Waals surface area contributed by atoms with Gasteiger partial charge in [-0.1, -0.05) is 23.2 Å². The standard InChI is InChI=1S/C12H6Cl2N2O2S/c13-6-1-2-7(8(14)5-6)9-10(11(17)18)16-3-4-19-12(16)15-9/h1-5H,(H,17,18). The minimum atomic E-state index is -1.05. The van der Waals surface area contributed by atoms with Gasteiger partial charge in [0.25, 0.3) is 0 Å². The Morgan fingerprint density at radius 3 is 2.84 bits per heavy atom. The third kappa shape index (κ3) is 2.00. The van der Waals surface area contributed by atoms with Crippen LogP contribution in [0.5, 0.6) is 0 Å². The van der Waals surface area contributed by atoms with Gasteiger partial charge in [-0.2, -0.15) is 0 Å². The van der Waals surface area contributed by atoms with E-state index < -0.39 is 5.97 Å². The lowest BCUT2D eigenvalue weighted by atomic mass is 10.1. The van der Waals surface area contributed by atoms with E-state index >= 15 is 0 Å². The number of aromatic nitrogens is 2. The van der Waals surface area contributed by atoms with Gasteiger partial charge in [-0.05, 0) is 18.2 Å². The van der Waals surface area contributed by atoms with Gasteiger partial charge in [0.05, 0.1) is 5.02 Å². The molecule has 19 heavy (non-hydrogen) atoms. The molecule has 1 aromatic carbocycles. The summed E-state index contributed by atoms with van der Waals surface area (Å²) in [6.07, 6.45) is 1.67. The molecule has 0 spiro atoms. The van der Waals surface area contributed by atoms with Crippen LogP contribution in [0.2, 0.25) is 10.0 Å². The summed E-state index contributed by atoms with van der Waals surface area (Å²) in [6, 6.07) is 4.89. The molecule has 0 aliphatic heterocycles. The van der Waals surface area contributed by atoms with Gasteiger partial charge < -0.3 is 5.11 Å². The van der Waals surface area contributed by atoms with Crippen molar-refractivity contribution in [3.63, 3.8) is 0 Å². The molecule has 0 atom stereocenters. The molecule has 0 bridgehead atoms. The van der Waals surface area contributed by atoms with Crippen molar-refractivity contribution < 1.29 is 9.90 Å². The lowest BCUT2D eigenvalue weighted by Gasteiger charge is -2.03. The Bertz CT molecular complexity index is 794. The van der Waals surface area contributed by atoms with E-state index in [2.05, 4.69) is 4.98 Å². The smallest absolute Gasteiger partial charge is 0.355 e. The Kier molecular flexibility index (Phi) is 2.97. The van der Waals surface area contributed by atoms with Crippen LogP contribution in [0.1, 0.15) is 10.5 Å². The fourth-order valence-corrected chi connectivity index (χ4v) is 3.07. The third-order valence-corrected chi connectivity index (χ3v) is 3.96. The van der Waals surface area contributed by atoms with Crippen LogP contribution in [0.25, 0.3) is 16.2 Å². The number of carboxylic acids is 1. The molecule has 0 saturated heterocycles. The zero-order valence-electron chi connectivity index (χ0n) is 9.30. The lowest BCUT2D eigenvalue weighted by Crippen LogP contribution is -2.02. The summed E-state index contributed by atoms with van der Waals surface area (Å²) in [4.78, 5) is 16.4. The number of aromatic carboxylic acids is 1. The molecule has 2 aromatic heterocycles. The number of benzene rings is 1. The zero-order valence-corrected chi connectivity index (χ0v) is 11.6. The van der Waals surface area contributed by atoms with E-state index in [0.29, 0.717) is 26.3 Å². The highest BCUT2D eigenvalue weighted by Gasteiger charge is 2.22. The van der Waals surface area contributed by atoms with Crippen molar-refractivity contribution in [1.29, 1.82) is 0 Å². The Morgan fingerprint density at radius 1 is 1.37 bits per heavy atom. The van der Waals surface area contributed by atoms with Crippen LogP contribution in [0, 0.1) is 0 Å². The molecule has 0 saturated carbocycles. The second-order valence-corrected chi connectivity index (χ2v) is 5.51. The van der Waals surface area contributed by atoms with Gasteiger partial charge in [0, 0.05) is 22.2 Å². The molecule has 0 aliphatic rings. The SMILES string of the molecule is O=C(O)c1c(-c2ccc(Cl)cc2Cl)nc2sccn12. The predicted octanol–water partition coefficient (Wildman–Crippen LogP) is 4.07. The Hall–Kier alpha value is -1.56. The second kappa shape index (κ2) is 4.52. The van der Waals surface area contributed by atoms with Gasteiger partial charge in [0.1, 0.15) is 5.69 Å². The van der Waals surface area contributed by atoms with Crippen LogP contribution in [0.4, 0.5) is 0 Å². The largest absolute Gasteiger partial charge is 0.476 e. The summed E-state index contributed by atoms with van der Waals surface area (Å²) in [7, 11) is 0. The number of carbonyl (C=O) groups is 1. The van der Waals surface area contributed by atoms with Crippen LogP contribution in [-0.2, 0) is 0 Å². The van der Waals surface area contributed by atoms with Gasteiger partial charge in [-0.3, -0.25) is 4.40 Å². The molecule has 96 valence electrons. The first-order chi connectivity index (χ1) is 9.08. The maximum absolute atomic E-state index is 11.4. The minimum absolute atomic E-state index is 0.0977. The van der Waals surface area contributed by atoms with E-state index in [0.717, 1.165) is 0 Å². The topological polar surface area (TPSA) is 54.6 Å². The van der Waals surface area contributed by atoms with E-state index in [1.807, 2.05) is 0 Å². The average molecular weight is 313 g/mol. The molecule has 3 rings (SSSR count). The molecule has 3 aromatic rings. The summed E-state index contributed by atoms with van der Waals surface area (Å²) < 4.78 is 1.53. The molecule has 2 heterocycles. The molecule has 4 nitrogen and oxygen atoms in total. The minimum Gasteiger partial charge on any atom is -0.476 e. The first-order valence-electron chi connectivity index (χ1n) is 5.22. The van der Waals surface area contributed by atoms with Crippen LogP contribution < -0.4 is 0 Å². The van der Waals surface area contributed by atoms with Crippen molar-refractivity contribution in [2.75, 3.05) is 0 Å². The maximum atomic E-state index is 11.4. The number of hydrogen-bond donors (Lipinski definition) is 1. The molecular weight excluding hydrogens is 307 g/mol. The second-order valence-electron chi connectivity index (χ2n) is 3.79. The van der Waals surface area contributed by atoms with E-state index in [9.17, 15) is 9.90 Å². The van der Waals surface area contributed by atoms with Gasteiger partial charge in [0.2, 0.25) is 0 Å². The number of halogens is 2. The molecule has 0 radical (unpaired) electrons. The van der Waals surface area contributed by atoms with Gasteiger partial charge in [0.15, 0.2) is 10.7 Å². The average Bonchev–Trinajstić information content (AvgIpc) is 2.87. The summed E-state index contributed by atoms with van der Waals surface area (Å²) in [5.41, 5.74) is 1.00. The molecule has 1 N–H and O–H groups in total. The fraction of sp³-hybridized carbons (Fsp3) is 0. The lowest BCUT2D eigenvalue weighted by molar-refractivity contribution is 0.0690. The van der Waals surface area contributed by atoms with Gasteiger partial charge >= 0.3 is 5.97 Å². The molecule has 7 heteroatoms. The van der Waals surface area contributed by atoms with Gasteiger partial charge in [-0.25, -0.2) is 9.78 Å². The van der Waals surface area contributed by atoms with Crippen LogP contribution >= 0.6 is 34.5 Å². The van der Waals surface area contributed by atoms with Crippen molar-refractivity contribution in [1.82, 2.24) is 9.38 Å². The Balaban J connectivity index is 2.32. The maximum Gasteiger partial charge on any atom is 0.355 e.